The minimum atomic E-state index is -0.827. The van der Waals surface area contributed by atoms with Crippen LogP contribution in [0.3, 0.4) is 0 Å². The van der Waals surface area contributed by atoms with Gasteiger partial charge in [0.05, 0.1) is 19.8 Å². The molecule has 8 nitrogen and oxygen atoms in total. The summed E-state index contributed by atoms with van der Waals surface area (Å²) >= 11 is 0. The van der Waals surface area contributed by atoms with Crippen molar-refractivity contribution in [2.45, 2.75) is 6.61 Å². The third-order valence-corrected chi connectivity index (χ3v) is 3.21. The van der Waals surface area contributed by atoms with Gasteiger partial charge in [-0.1, -0.05) is 0 Å². The van der Waals surface area contributed by atoms with Crippen molar-refractivity contribution in [3.05, 3.63) is 35.4 Å². The van der Waals surface area contributed by atoms with Gasteiger partial charge in [0.2, 0.25) is 5.75 Å². The third kappa shape index (κ3) is 3.37. The van der Waals surface area contributed by atoms with E-state index in [2.05, 4.69) is 0 Å². The monoisotopic (exact) mass is 336 g/mol. The molecule has 0 saturated carbocycles. The van der Waals surface area contributed by atoms with E-state index >= 15 is 0 Å². The Kier molecular flexibility index (Phi) is 4.88. The van der Waals surface area contributed by atoms with Crippen molar-refractivity contribution in [3.8, 4) is 34.5 Å². The van der Waals surface area contributed by atoms with Crippen molar-refractivity contribution in [1.82, 2.24) is 0 Å². The van der Waals surface area contributed by atoms with Gasteiger partial charge < -0.3 is 34.6 Å². The molecule has 0 atom stereocenters. The molecule has 2 rings (SSSR count). The average Bonchev–Trinajstić information content (AvgIpc) is 2.57. The lowest BCUT2D eigenvalue weighted by Gasteiger charge is -2.12. The van der Waals surface area contributed by atoms with E-state index in [0.29, 0.717) is 5.56 Å². The van der Waals surface area contributed by atoms with Crippen molar-refractivity contribution in [1.29, 1.82) is 0 Å². The second-order valence-electron chi connectivity index (χ2n) is 4.79. The Morgan fingerprint density at radius 3 is 1.83 bits per heavy atom. The van der Waals surface area contributed by atoms with Gasteiger partial charge in [-0.25, -0.2) is 4.79 Å². The minimum Gasteiger partial charge on any atom is -0.504 e. The molecule has 4 N–H and O–H groups in total. The highest BCUT2D eigenvalue weighted by Gasteiger charge is 2.16. The number of phenolic OH excluding ortho intramolecular Hbond substituents is 4. The van der Waals surface area contributed by atoms with E-state index in [9.17, 15) is 25.2 Å². The number of rotatable bonds is 5. The number of hydrogen-bond donors (Lipinski definition) is 4. The van der Waals surface area contributed by atoms with Gasteiger partial charge in [0.25, 0.3) is 0 Å². The molecule has 0 heterocycles. The number of ether oxygens (including phenoxy) is 3. The molecule has 0 aliphatic rings. The fraction of sp³-hybridized carbons (Fsp3) is 0.188. The molecule has 0 saturated heterocycles. The van der Waals surface area contributed by atoms with E-state index in [1.807, 2.05) is 0 Å². The molecule has 24 heavy (non-hydrogen) atoms. The van der Waals surface area contributed by atoms with Gasteiger partial charge in [-0.15, -0.1) is 0 Å². The molecular weight excluding hydrogens is 320 g/mol. The first-order valence-corrected chi connectivity index (χ1v) is 6.73. The van der Waals surface area contributed by atoms with Gasteiger partial charge in [-0.3, -0.25) is 0 Å². The maximum absolute atomic E-state index is 12.0. The number of aromatic hydroxyl groups is 4. The maximum Gasteiger partial charge on any atom is 0.338 e. The van der Waals surface area contributed by atoms with Crippen molar-refractivity contribution in [2.24, 2.45) is 0 Å². The molecule has 2 aromatic rings. The standard InChI is InChI=1S/C16H16O8/c1-22-12-3-8(4-13(23-2)15(12)20)7-24-16(21)9-5-10(17)14(19)11(18)6-9/h3-6,17-20H,7H2,1-2H3. The Hall–Kier alpha value is -3.29. The average molecular weight is 336 g/mol. The van der Waals surface area contributed by atoms with E-state index in [-0.39, 0.29) is 29.4 Å². The van der Waals surface area contributed by atoms with Crippen molar-refractivity contribution < 1.29 is 39.4 Å². The number of phenols is 4. The van der Waals surface area contributed by atoms with Crippen LogP contribution in [0.4, 0.5) is 0 Å². The summed E-state index contributed by atoms with van der Waals surface area (Å²) in [4.78, 5) is 12.0. The van der Waals surface area contributed by atoms with Crippen LogP contribution in [0.5, 0.6) is 34.5 Å². The van der Waals surface area contributed by atoms with Gasteiger partial charge in [0.15, 0.2) is 28.7 Å². The summed E-state index contributed by atoms with van der Waals surface area (Å²) < 4.78 is 15.1. The summed E-state index contributed by atoms with van der Waals surface area (Å²) in [5.74, 6) is -2.71. The summed E-state index contributed by atoms with van der Waals surface area (Å²) in [6, 6.07) is 4.87. The highest BCUT2D eigenvalue weighted by Crippen LogP contribution is 2.38. The van der Waals surface area contributed by atoms with Crippen molar-refractivity contribution >= 4 is 5.97 Å². The van der Waals surface area contributed by atoms with Gasteiger partial charge in [-0.2, -0.15) is 0 Å². The van der Waals surface area contributed by atoms with Gasteiger partial charge in [0, 0.05) is 0 Å². The summed E-state index contributed by atoms with van der Waals surface area (Å²) in [6.45, 7) is -0.172. The molecule has 0 unspecified atom stereocenters. The first kappa shape index (κ1) is 17.1. The lowest BCUT2D eigenvalue weighted by atomic mass is 10.1. The largest absolute Gasteiger partial charge is 0.504 e. The molecule has 0 fully saturated rings. The molecule has 2 aromatic carbocycles. The van der Waals surface area contributed by atoms with Crippen LogP contribution in [0.1, 0.15) is 15.9 Å². The van der Waals surface area contributed by atoms with E-state index in [4.69, 9.17) is 14.2 Å². The number of benzene rings is 2. The molecule has 0 bridgehead atoms. The molecular formula is C16H16O8. The van der Waals surface area contributed by atoms with E-state index in [1.165, 1.54) is 26.4 Å². The van der Waals surface area contributed by atoms with Crippen LogP contribution in [0.15, 0.2) is 24.3 Å². The maximum atomic E-state index is 12.0. The summed E-state index contributed by atoms with van der Waals surface area (Å²) in [7, 11) is 2.73. The number of methoxy groups -OCH3 is 2. The van der Waals surface area contributed by atoms with Crippen molar-refractivity contribution in [2.75, 3.05) is 14.2 Å². The van der Waals surface area contributed by atoms with Crippen LogP contribution in [0.2, 0.25) is 0 Å². The van der Waals surface area contributed by atoms with E-state index in [1.54, 1.807) is 0 Å². The number of esters is 1. The van der Waals surface area contributed by atoms with Crippen LogP contribution >= 0.6 is 0 Å². The Balaban J connectivity index is 2.17. The Morgan fingerprint density at radius 1 is 0.875 bits per heavy atom. The Bertz CT molecular complexity index is 721. The first-order valence-electron chi connectivity index (χ1n) is 6.73. The van der Waals surface area contributed by atoms with Gasteiger partial charge in [0.1, 0.15) is 6.61 Å². The van der Waals surface area contributed by atoms with E-state index in [0.717, 1.165) is 12.1 Å². The number of hydrogen-bond acceptors (Lipinski definition) is 8. The molecule has 0 amide bonds. The van der Waals surface area contributed by atoms with E-state index < -0.39 is 23.2 Å². The van der Waals surface area contributed by atoms with Crippen LogP contribution in [-0.2, 0) is 11.3 Å². The van der Waals surface area contributed by atoms with Gasteiger partial charge >= 0.3 is 5.97 Å². The second-order valence-corrected chi connectivity index (χ2v) is 4.79. The molecule has 0 aliphatic carbocycles. The van der Waals surface area contributed by atoms with Crippen LogP contribution in [0, 0.1) is 0 Å². The summed E-state index contributed by atoms with van der Waals surface area (Å²) in [5.41, 5.74) is 0.350. The summed E-state index contributed by atoms with van der Waals surface area (Å²) in [5, 5.41) is 37.9. The van der Waals surface area contributed by atoms with Crippen LogP contribution in [-0.4, -0.2) is 40.6 Å². The van der Waals surface area contributed by atoms with Gasteiger partial charge in [-0.05, 0) is 29.8 Å². The van der Waals surface area contributed by atoms with Crippen molar-refractivity contribution in [3.63, 3.8) is 0 Å². The predicted octanol–water partition coefficient (Wildman–Crippen LogP) is 1.88. The molecule has 0 spiro atoms. The third-order valence-electron chi connectivity index (χ3n) is 3.21. The first-order chi connectivity index (χ1) is 11.4. The lowest BCUT2D eigenvalue weighted by Crippen LogP contribution is -2.05. The normalized spacial score (nSPS) is 10.2. The fourth-order valence-electron chi connectivity index (χ4n) is 1.99. The smallest absolute Gasteiger partial charge is 0.338 e. The predicted molar refractivity (Wildman–Crippen MR) is 81.8 cm³/mol. The quantitative estimate of drug-likeness (QED) is 0.482. The Morgan fingerprint density at radius 2 is 1.38 bits per heavy atom. The zero-order valence-corrected chi connectivity index (χ0v) is 12.9. The molecule has 128 valence electrons. The Labute approximate surface area is 137 Å². The van der Waals surface area contributed by atoms with Crippen LogP contribution in [0.25, 0.3) is 0 Å². The fourth-order valence-corrected chi connectivity index (χ4v) is 1.99. The number of carbonyl (C=O) groups is 1. The molecule has 0 aliphatic heterocycles. The zero-order valence-electron chi connectivity index (χ0n) is 12.9. The van der Waals surface area contributed by atoms with Crippen LogP contribution < -0.4 is 9.47 Å². The molecule has 0 aromatic heterocycles. The topological polar surface area (TPSA) is 126 Å². The zero-order chi connectivity index (χ0) is 17.9. The lowest BCUT2D eigenvalue weighted by molar-refractivity contribution is 0.0471. The number of carbonyl (C=O) groups excluding carboxylic acids is 1. The highest BCUT2D eigenvalue weighted by molar-refractivity contribution is 5.91. The molecule has 8 heteroatoms. The summed E-state index contributed by atoms with van der Waals surface area (Å²) in [6.07, 6.45) is 0. The second kappa shape index (κ2) is 6.86. The minimum absolute atomic E-state index is 0.138. The SMILES string of the molecule is COc1cc(COC(=O)c2cc(O)c(O)c(O)c2)cc(OC)c1O. The molecule has 0 radical (unpaired) electrons. The highest BCUT2D eigenvalue weighted by atomic mass is 16.5.